The first-order chi connectivity index (χ1) is 7.43. The summed E-state index contributed by atoms with van der Waals surface area (Å²) in [5.74, 6) is 0. The van der Waals surface area contributed by atoms with Gasteiger partial charge < -0.3 is 0 Å². The number of rotatable bonds is 1. The first kappa shape index (κ1) is 17.5. The van der Waals surface area contributed by atoms with Gasteiger partial charge in [0.05, 0.1) is 0 Å². The van der Waals surface area contributed by atoms with Gasteiger partial charge in [-0.1, -0.05) is 54.1 Å². The molecule has 0 bridgehead atoms. The van der Waals surface area contributed by atoms with Crippen LogP contribution in [-0.4, -0.2) is 0 Å². The van der Waals surface area contributed by atoms with Crippen molar-refractivity contribution in [2.75, 3.05) is 0 Å². The predicted molar refractivity (Wildman–Crippen MR) is 79.5 cm³/mol. The molecular weight excluding hydrogens is 430 g/mol. The van der Waals surface area contributed by atoms with E-state index in [9.17, 15) is 0 Å². The minimum atomic E-state index is 0. The maximum atomic E-state index is 2.24. The van der Waals surface area contributed by atoms with Crippen molar-refractivity contribution in [3.05, 3.63) is 66.7 Å². The fourth-order valence-corrected chi connectivity index (χ4v) is 1.95. The zero-order valence-electron chi connectivity index (χ0n) is 9.67. The molecule has 0 spiro atoms. The molecule has 3 heteroatoms. The van der Waals surface area contributed by atoms with Gasteiger partial charge in [0.15, 0.2) is 0 Å². The van der Waals surface area contributed by atoms with Crippen LogP contribution >= 0.6 is 24.8 Å². The van der Waals surface area contributed by atoms with E-state index in [-0.39, 0.29) is 50.7 Å². The monoisotopic (exact) mass is 443 g/mol. The van der Waals surface area contributed by atoms with E-state index in [1.54, 1.807) is 0 Å². The Morgan fingerprint density at radius 2 is 1.33 bits per heavy atom. The molecule has 3 aromatic rings. The molecule has 0 aliphatic rings. The molecular formula is C15H13Cl2Hf-. The second-order valence-corrected chi connectivity index (χ2v) is 3.74. The van der Waals surface area contributed by atoms with Crippen LogP contribution < -0.4 is 0 Å². The molecule has 0 aliphatic carbocycles. The van der Waals surface area contributed by atoms with Crippen molar-refractivity contribution >= 4 is 35.6 Å². The Balaban J connectivity index is 0.000000963. The zero-order valence-corrected chi connectivity index (χ0v) is 14.9. The van der Waals surface area contributed by atoms with Crippen LogP contribution in [0.1, 0.15) is 0 Å². The molecule has 0 aliphatic heterocycles. The molecule has 0 saturated heterocycles. The average molecular weight is 443 g/mol. The first-order valence-corrected chi connectivity index (χ1v) is 5.14. The second kappa shape index (κ2) is 7.83. The van der Waals surface area contributed by atoms with Crippen molar-refractivity contribution in [2.24, 2.45) is 0 Å². The molecule has 0 N–H and O–H groups in total. The number of hydrogen-bond acceptors (Lipinski definition) is 0. The molecule has 3 rings (SSSR count). The van der Waals surface area contributed by atoms with Crippen molar-refractivity contribution in [3.63, 3.8) is 0 Å². The van der Waals surface area contributed by atoms with Gasteiger partial charge in [0.1, 0.15) is 0 Å². The minimum absolute atomic E-state index is 0. The summed E-state index contributed by atoms with van der Waals surface area (Å²) in [5, 5.41) is 2.63. The molecule has 0 saturated carbocycles. The Morgan fingerprint density at radius 1 is 0.722 bits per heavy atom. The van der Waals surface area contributed by atoms with Gasteiger partial charge in [0.25, 0.3) is 0 Å². The summed E-state index contributed by atoms with van der Waals surface area (Å²) < 4.78 is 0. The third-order valence-electron chi connectivity index (χ3n) is 2.73. The number of hydrogen-bond donors (Lipinski definition) is 0. The largest absolute Gasteiger partial charge is 0.147 e. The summed E-state index contributed by atoms with van der Waals surface area (Å²) in [6.07, 6.45) is 0. The quantitative estimate of drug-likeness (QED) is 0.365. The number of fused-ring (bicyclic) bond motifs is 1. The van der Waals surface area contributed by atoms with E-state index in [4.69, 9.17) is 0 Å². The third kappa shape index (κ3) is 3.50. The zero-order chi connectivity index (χ0) is 10.1. The summed E-state index contributed by atoms with van der Waals surface area (Å²) in [7, 11) is 0. The van der Waals surface area contributed by atoms with E-state index in [2.05, 4.69) is 60.7 Å². The van der Waals surface area contributed by atoms with Gasteiger partial charge in [-0.2, -0.15) is 0 Å². The molecule has 3 aromatic carbocycles. The van der Waals surface area contributed by atoms with Crippen LogP contribution in [-0.2, 0) is 25.8 Å². The molecule has 0 nitrogen and oxygen atoms in total. The van der Waals surface area contributed by atoms with E-state index in [0.29, 0.717) is 0 Å². The van der Waals surface area contributed by atoms with E-state index in [1.807, 2.05) is 6.07 Å². The van der Waals surface area contributed by atoms with Crippen LogP contribution in [0.2, 0.25) is 0 Å². The topological polar surface area (TPSA) is 0 Å². The molecule has 0 heterocycles. The van der Waals surface area contributed by atoms with E-state index in [0.717, 1.165) is 0 Å². The summed E-state index contributed by atoms with van der Waals surface area (Å²) in [6, 6.07) is 23.4. The maximum Gasteiger partial charge on any atom is 0 e. The van der Waals surface area contributed by atoms with Crippen LogP contribution in [0.5, 0.6) is 0 Å². The number of benzene rings is 2. The van der Waals surface area contributed by atoms with E-state index in [1.165, 1.54) is 21.9 Å². The molecule has 0 fully saturated rings. The normalized spacial score (nSPS) is 8.89. The Bertz CT molecular complexity index is 555. The van der Waals surface area contributed by atoms with Crippen molar-refractivity contribution < 1.29 is 25.8 Å². The fourth-order valence-electron chi connectivity index (χ4n) is 1.95. The van der Waals surface area contributed by atoms with Gasteiger partial charge in [-0.15, -0.1) is 59.3 Å². The van der Waals surface area contributed by atoms with Gasteiger partial charge in [0, 0.05) is 25.8 Å². The fraction of sp³-hybridized carbons (Fsp3) is 0. The maximum absolute atomic E-state index is 2.24. The first-order valence-electron chi connectivity index (χ1n) is 5.14. The van der Waals surface area contributed by atoms with Gasteiger partial charge in [-0.25, -0.2) is 0 Å². The van der Waals surface area contributed by atoms with Crippen molar-refractivity contribution in [1.29, 1.82) is 0 Å². The van der Waals surface area contributed by atoms with Crippen LogP contribution in [0, 0.1) is 0 Å². The average Bonchev–Trinajstić information content (AvgIpc) is 2.74. The van der Waals surface area contributed by atoms with Gasteiger partial charge >= 0.3 is 0 Å². The van der Waals surface area contributed by atoms with Crippen LogP contribution in [0.4, 0.5) is 0 Å². The second-order valence-electron chi connectivity index (χ2n) is 3.74. The summed E-state index contributed by atoms with van der Waals surface area (Å²) in [4.78, 5) is 0. The molecule has 0 atom stereocenters. The Morgan fingerprint density at radius 3 is 2.00 bits per heavy atom. The summed E-state index contributed by atoms with van der Waals surface area (Å²) >= 11 is 0. The molecule has 0 radical (unpaired) electrons. The molecule has 0 unspecified atom stereocenters. The predicted octanol–water partition coefficient (Wildman–Crippen LogP) is 5.07. The Kier molecular flexibility index (Phi) is 7.61. The van der Waals surface area contributed by atoms with Crippen molar-refractivity contribution in [3.8, 4) is 11.1 Å². The van der Waals surface area contributed by atoms with Crippen molar-refractivity contribution in [1.82, 2.24) is 0 Å². The molecule has 0 aromatic heterocycles. The van der Waals surface area contributed by atoms with Crippen LogP contribution in [0.25, 0.3) is 21.9 Å². The summed E-state index contributed by atoms with van der Waals surface area (Å²) in [5.41, 5.74) is 2.59. The van der Waals surface area contributed by atoms with E-state index < -0.39 is 0 Å². The Hall–Kier alpha value is -0.500. The van der Waals surface area contributed by atoms with Crippen LogP contribution in [0.15, 0.2) is 66.7 Å². The van der Waals surface area contributed by atoms with Gasteiger partial charge in [0.2, 0.25) is 0 Å². The summed E-state index contributed by atoms with van der Waals surface area (Å²) in [6.45, 7) is 0. The van der Waals surface area contributed by atoms with E-state index >= 15 is 0 Å². The van der Waals surface area contributed by atoms with Crippen LogP contribution in [0.3, 0.4) is 0 Å². The Labute approximate surface area is 138 Å². The molecule has 18 heavy (non-hydrogen) atoms. The standard InChI is InChI=1S/C15H11.2ClH.Hf/c1-2-6-12(7-3-1)15-10-13-8-4-5-9-14(13)11-15;;;/h1-11H;2*1H;/q-1;;;. The van der Waals surface area contributed by atoms with Crippen molar-refractivity contribution in [2.45, 2.75) is 0 Å². The van der Waals surface area contributed by atoms with Gasteiger partial charge in [-0.05, 0) is 0 Å². The minimum Gasteiger partial charge on any atom is -0.147 e. The molecule has 92 valence electrons. The smallest absolute Gasteiger partial charge is 0 e. The molecule has 0 amide bonds. The SMILES string of the molecule is Cl.Cl.[Hf].c1ccc(-c2cc3ccccc3[cH-]2)cc1. The number of halogens is 2. The van der Waals surface area contributed by atoms with Gasteiger partial charge in [-0.3, -0.25) is 0 Å². The third-order valence-corrected chi connectivity index (χ3v) is 2.73.